The van der Waals surface area contributed by atoms with E-state index in [4.69, 9.17) is 9.47 Å². The van der Waals surface area contributed by atoms with E-state index in [9.17, 15) is 18.0 Å². The van der Waals surface area contributed by atoms with Crippen LogP contribution < -0.4 is 24.8 Å². The lowest BCUT2D eigenvalue weighted by atomic mass is 10.1. The number of fused-ring (bicyclic) bond motifs is 1. The van der Waals surface area contributed by atoms with E-state index in [0.717, 1.165) is 47.8 Å². The third kappa shape index (κ3) is 8.77. The molecule has 2 amide bonds. The van der Waals surface area contributed by atoms with E-state index in [1.54, 1.807) is 12.1 Å². The number of piperidine rings is 1. The fourth-order valence-corrected chi connectivity index (χ4v) is 5.36. The van der Waals surface area contributed by atoms with Crippen LogP contribution in [0.25, 0.3) is 10.8 Å². The van der Waals surface area contributed by atoms with Crippen molar-refractivity contribution >= 4 is 44.1 Å². The van der Waals surface area contributed by atoms with Gasteiger partial charge in [-0.15, -0.1) is 13.2 Å². The van der Waals surface area contributed by atoms with E-state index in [-0.39, 0.29) is 10.2 Å². The Morgan fingerprint density at radius 2 is 1.56 bits per heavy atom. The van der Waals surface area contributed by atoms with Crippen molar-refractivity contribution in [2.75, 3.05) is 36.9 Å². The van der Waals surface area contributed by atoms with E-state index in [0.29, 0.717) is 24.7 Å². The Hall–Kier alpha value is -3.96. The second-order valence-corrected chi connectivity index (χ2v) is 11.0. The normalized spacial score (nSPS) is 13.9. The number of benzene rings is 4. The molecular weight excluding hydrogens is 627 g/mol. The molecule has 0 bridgehead atoms. The van der Waals surface area contributed by atoms with Gasteiger partial charge >= 0.3 is 12.4 Å². The van der Waals surface area contributed by atoms with E-state index < -0.39 is 18.1 Å². The Kier molecular flexibility index (Phi) is 9.93. The van der Waals surface area contributed by atoms with Gasteiger partial charge in [0.25, 0.3) is 0 Å². The van der Waals surface area contributed by atoms with Crippen LogP contribution in [0.2, 0.25) is 0 Å². The number of amides is 2. The number of rotatable bonds is 10. The van der Waals surface area contributed by atoms with Crippen LogP contribution in [0.3, 0.4) is 0 Å². The highest BCUT2D eigenvalue weighted by atomic mass is 79.9. The Morgan fingerprint density at radius 1 is 0.837 bits per heavy atom. The molecule has 43 heavy (non-hydrogen) atoms. The SMILES string of the molecule is O=C(Nc1ccc(OC(F)(F)F)c(Br)c1)Nc1ccc(OCc2ccc(OCCN3CCCCC3)cc2)c2ccccc12. The predicted octanol–water partition coefficient (Wildman–Crippen LogP) is 8.59. The molecule has 1 aliphatic rings. The molecule has 0 saturated carbocycles. The van der Waals surface area contributed by atoms with Crippen molar-refractivity contribution < 1.29 is 32.2 Å². The molecule has 1 saturated heterocycles. The van der Waals surface area contributed by atoms with Crippen LogP contribution in [-0.4, -0.2) is 43.5 Å². The van der Waals surface area contributed by atoms with E-state index in [1.165, 1.54) is 31.4 Å². The van der Waals surface area contributed by atoms with Gasteiger partial charge in [-0.1, -0.05) is 42.8 Å². The number of halogens is 4. The first kappa shape index (κ1) is 30.5. The maximum absolute atomic E-state index is 12.7. The molecule has 226 valence electrons. The highest BCUT2D eigenvalue weighted by molar-refractivity contribution is 9.10. The van der Waals surface area contributed by atoms with E-state index >= 15 is 0 Å². The van der Waals surface area contributed by atoms with Crippen LogP contribution in [0.15, 0.2) is 83.3 Å². The molecule has 2 N–H and O–H groups in total. The van der Waals surface area contributed by atoms with Gasteiger partial charge in [0.05, 0.1) is 10.2 Å². The largest absolute Gasteiger partial charge is 0.573 e. The maximum atomic E-state index is 12.7. The van der Waals surface area contributed by atoms with Gasteiger partial charge in [-0.3, -0.25) is 4.90 Å². The monoisotopic (exact) mass is 657 g/mol. The summed E-state index contributed by atoms with van der Waals surface area (Å²) in [5.41, 5.74) is 1.82. The number of likely N-dealkylation sites (tertiary alicyclic amines) is 1. The number of alkyl halides is 3. The number of urea groups is 1. The summed E-state index contributed by atoms with van der Waals surface area (Å²) in [6.45, 7) is 4.27. The molecule has 0 aliphatic carbocycles. The van der Waals surface area contributed by atoms with Crippen LogP contribution in [0.1, 0.15) is 24.8 Å². The van der Waals surface area contributed by atoms with Gasteiger partial charge in [-0.2, -0.15) is 0 Å². The lowest BCUT2D eigenvalue weighted by Crippen LogP contribution is -2.33. The highest BCUT2D eigenvalue weighted by Gasteiger charge is 2.32. The first-order valence-electron chi connectivity index (χ1n) is 14.0. The number of hydrogen-bond donors (Lipinski definition) is 2. The summed E-state index contributed by atoms with van der Waals surface area (Å²) in [5, 5.41) is 7.00. The first-order valence-corrected chi connectivity index (χ1v) is 14.7. The molecule has 0 atom stereocenters. The minimum absolute atomic E-state index is 0.0459. The van der Waals surface area contributed by atoms with Gasteiger partial charge in [0.1, 0.15) is 30.5 Å². The average molecular weight is 659 g/mol. The predicted molar refractivity (Wildman–Crippen MR) is 164 cm³/mol. The summed E-state index contributed by atoms with van der Waals surface area (Å²) in [5.74, 6) is 1.08. The van der Waals surface area contributed by atoms with Crippen LogP contribution >= 0.6 is 15.9 Å². The van der Waals surface area contributed by atoms with E-state index in [1.807, 2.05) is 48.5 Å². The van der Waals surface area contributed by atoms with Gasteiger partial charge in [-0.05, 0) is 89.9 Å². The topological polar surface area (TPSA) is 72.1 Å². The number of nitrogens with zero attached hydrogens (tertiary/aromatic N) is 1. The lowest BCUT2D eigenvalue weighted by Gasteiger charge is -2.26. The van der Waals surface area contributed by atoms with Crippen molar-refractivity contribution in [3.8, 4) is 17.2 Å². The van der Waals surface area contributed by atoms with Gasteiger partial charge in [0.2, 0.25) is 0 Å². The molecule has 7 nitrogen and oxygen atoms in total. The van der Waals surface area contributed by atoms with Crippen molar-refractivity contribution in [3.05, 3.63) is 88.9 Å². The summed E-state index contributed by atoms with van der Waals surface area (Å²) in [6, 6.07) is 22.1. The molecule has 1 aliphatic heterocycles. The molecule has 0 spiro atoms. The summed E-state index contributed by atoms with van der Waals surface area (Å²) < 4.78 is 53.6. The molecule has 0 radical (unpaired) electrons. The number of nitrogens with one attached hydrogen (secondary N) is 2. The Morgan fingerprint density at radius 3 is 2.28 bits per heavy atom. The number of ether oxygens (including phenoxy) is 3. The van der Waals surface area contributed by atoms with Crippen molar-refractivity contribution in [1.82, 2.24) is 4.90 Å². The standard InChI is InChI=1S/C32H31BrF3N3O4/c33-27-20-23(10-14-30(27)43-32(34,35)36)37-31(40)38-28-13-15-29(26-7-3-2-6-25(26)28)42-21-22-8-11-24(12-9-22)41-19-18-39-16-4-1-5-17-39/h2-3,6-15,20H,1,4-5,16-19,21H2,(H2,37,38,40). The Bertz CT molecular complexity index is 1540. The summed E-state index contributed by atoms with van der Waals surface area (Å²) in [4.78, 5) is 15.2. The minimum atomic E-state index is -4.82. The smallest absolute Gasteiger partial charge is 0.492 e. The van der Waals surface area contributed by atoms with Crippen molar-refractivity contribution in [1.29, 1.82) is 0 Å². The zero-order valence-corrected chi connectivity index (χ0v) is 24.8. The molecule has 4 aromatic carbocycles. The molecule has 0 unspecified atom stereocenters. The first-order chi connectivity index (χ1) is 20.7. The third-order valence-electron chi connectivity index (χ3n) is 6.99. The van der Waals surface area contributed by atoms with Crippen LogP contribution in [0, 0.1) is 0 Å². The van der Waals surface area contributed by atoms with Gasteiger partial charge in [0, 0.05) is 23.0 Å². The van der Waals surface area contributed by atoms with Gasteiger partial charge < -0.3 is 24.8 Å². The molecule has 1 heterocycles. The van der Waals surface area contributed by atoms with Crippen molar-refractivity contribution in [3.63, 3.8) is 0 Å². The molecule has 0 aromatic heterocycles. The quantitative estimate of drug-likeness (QED) is 0.179. The minimum Gasteiger partial charge on any atom is -0.492 e. The Balaban J connectivity index is 1.17. The fourth-order valence-electron chi connectivity index (χ4n) is 4.90. The third-order valence-corrected chi connectivity index (χ3v) is 7.61. The van der Waals surface area contributed by atoms with Gasteiger partial charge in [0.15, 0.2) is 0 Å². The van der Waals surface area contributed by atoms with Crippen molar-refractivity contribution in [2.24, 2.45) is 0 Å². The van der Waals surface area contributed by atoms with Gasteiger partial charge in [-0.25, -0.2) is 4.79 Å². The van der Waals surface area contributed by atoms with Crippen molar-refractivity contribution in [2.45, 2.75) is 32.2 Å². The number of hydrogen-bond acceptors (Lipinski definition) is 5. The summed E-state index contributed by atoms with van der Waals surface area (Å²) in [6.07, 6.45) is -0.971. The average Bonchev–Trinajstić information content (AvgIpc) is 2.99. The number of anilines is 2. The molecule has 4 aromatic rings. The summed E-state index contributed by atoms with van der Waals surface area (Å²) in [7, 11) is 0. The maximum Gasteiger partial charge on any atom is 0.573 e. The molecular formula is C32H31BrF3N3O4. The number of carbonyl (C=O) groups is 1. The zero-order chi connectivity index (χ0) is 30.2. The zero-order valence-electron chi connectivity index (χ0n) is 23.3. The fraction of sp³-hybridized carbons (Fsp3) is 0.281. The molecule has 5 rings (SSSR count). The molecule has 11 heteroatoms. The number of carbonyl (C=O) groups excluding carboxylic acids is 1. The van der Waals surface area contributed by atoms with Crippen LogP contribution in [0.5, 0.6) is 17.2 Å². The van der Waals surface area contributed by atoms with Crippen LogP contribution in [-0.2, 0) is 6.61 Å². The Labute approximate surface area is 256 Å². The second-order valence-electron chi connectivity index (χ2n) is 10.1. The molecule has 1 fully saturated rings. The van der Waals surface area contributed by atoms with Crippen LogP contribution in [0.4, 0.5) is 29.3 Å². The lowest BCUT2D eigenvalue weighted by molar-refractivity contribution is -0.274. The van der Waals surface area contributed by atoms with E-state index in [2.05, 4.69) is 36.2 Å². The highest BCUT2D eigenvalue weighted by Crippen LogP contribution is 2.34. The summed E-state index contributed by atoms with van der Waals surface area (Å²) >= 11 is 3.04. The second kappa shape index (κ2) is 14.0.